The van der Waals surface area contributed by atoms with Gasteiger partial charge in [-0.05, 0) is 24.6 Å². The second-order valence-electron chi connectivity index (χ2n) is 3.27. The molecule has 1 aromatic carbocycles. The van der Waals surface area contributed by atoms with Crippen LogP contribution in [0.1, 0.15) is 5.56 Å². The zero-order valence-corrected chi connectivity index (χ0v) is 9.08. The van der Waals surface area contributed by atoms with E-state index in [4.69, 9.17) is 0 Å². The minimum atomic E-state index is -1.97. The van der Waals surface area contributed by atoms with Gasteiger partial charge in [0.1, 0.15) is 11.4 Å². The quantitative estimate of drug-likeness (QED) is 0.662. The fraction of sp³-hybridized carbons (Fsp3) is 0.111. The highest BCUT2D eigenvalue weighted by atomic mass is 32.2. The number of carbonyl (C=O) groups is 2. The molecule has 1 saturated heterocycles. The summed E-state index contributed by atoms with van der Waals surface area (Å²) in [5.74, 6) is -2.10. The van der Waals surface area contributed by atoms with Crippen molar-refractivity contribution < 1.29 is 18.9 Å². The summed E-state index contributed by atoms with van der Waals surface area (Å²) in [6, 6.07) is 4.49. The van der Waals surface area contributed by atoms with Gasteiger partial charge in [0.15, 0.2) is 0 Å². The van der Waals surface area contributed by atoms with Gasteiger partial charge in [-0.1, -0.05) is 6.07 Å². The first kappa shape index (κ1) is 10.6. The summed E-state index contributed by atoms with van der Waals surface area (Å²) in [4.78, 5) is 22.4. The molecule has 84 valence electrons. The van der Waals surface area contributed by atoms with E-state index in [1.54, 1.807) is 13.0 Å². The molecule has 0 aromatic heterocycles. The molecule has 7 heteroatoms. The molecular formula is C9H8N2O4S. The summed E-state index contributed by atoms with van der Waals surface area (Å²) in [5, 5.41) is 9.55. The van der Waals surface area contributed by atoms with Gasteiger partial charge in [-0.2, -0.15) is 4.31 Å². The normalized spacial score (nSPS) is 20.1. The highest BCUT2D eigenvalue weighted by Gasteiger charge is 2.38. The van der Waals surface area contributed by atoms with Crippen molar-refractivity contribution in [1.29, 1.82) is 0 Å². The Morgan fingerprint density at radius 1 is 1.38 bits per heavy atom. The number of phenolic OH excluding ortho intramolecular Hbond substituents is 1. The van der Waals surface area contributed by atoms with Gasteiger partial charge >= 0.3 is 11.8 Å². The molecule has 1 aliphatic rings. The first-order valence-electron chi connectivity index (χ1n) is 4.37. The van der Waals surface area contributed by atoms with E-state index in [0.717, 1.165) is 9.87 Å². The molecule has 16 heavy (non-hydrogen) atoms. The SMILES string of the molecule is Cc1ccc(O)c(N2C(=O)C(=O)NS2=O)c1. The lowest BCUT2D eigenvalue weighted by atomic mass is 10.2. The predicted molar refractivity (Wildman–Crippen MR) is 56.6 cm³/mol. The monoisotopic (exact) mass is 240 g/mol. The number of rotatable bonds is 1. The topological polar surface area (TPSA) is 86.7 Å². The van der Waals surface area contributed by atoms with Crippen LogP contribution in [-0.4, -0.2) is 21.1 Å². The molecule has 0 radical (unpaired) electrons. The largest absolute Gasteiger partial charge is 0.506 e. The van der Waals surface area contributed by atoms with Crippen LogP contribution in [0.2, 0.25) is 0 Å². The van der Waals surface area contributed by atoms with Crippen molar-refractivity contribution in [3.8, 4) is 5.75 Å². The fourth-order valence-electron chi connectivity index (χ4n) is 1.33. The number of nitrogens with zero attached hydrogens (tertiary/aromatic N) is 1. The molecule has 1 unspecified atom stereocenters. The Kier molecular flexibility index (Phi) is 2.39. The third-order valence-corrected chi connectivity index (χ3v) is 3.13. The summed E-state index contributed by atoms with van der Waals surface area (Å²) >= 11 is -1.97. The standard InChI is InChI=1S/C9H8N2O4S/c1-5-2-3-7(12)6(4-5)11-9(14)8(13)10-16(11)15/h2-4,12H,1H3,(H,10,13). The molecule has 2 rings (SSSR count). The Bertz CT molecular complexity index is 514. The lowest BCUT2D eigenvalue weighted by Crippen LogP contribution is -2.27. The predicted octanol–water partition coefficient (Wildman–Crippen LogP) is -0.258. The van der Waals surface area contributed by atoms with Crippen LogP contribution in [0.15, 0.2) is 18.2 Å². The molecule has 1 fully saturated rings. The average molecular weight is 240 g/mol. The van der Waals surface area contributed by atoms with Gasteiger partial charge in [0.05, 0.1) is 0 Å². The Labute approximate surface area is 93.6 Å². The Morgan fingerprint density at radius 2 is 2.06 bits per heavy atom. The van der Waals surface area contributed by atoms with Crippen LogP contribution in [0.3, 0.4) is 0 Å². The van der Waals surface area contributed by atoms with Gasteiger partial charge in [0.25, 0.3) is 0 Å². The number of nitrogens with one attached hydrogen (secondary N) is 1. The van der Waals surface area contributed by atoms with E-state index in [1.165, 1.54) is 12.1 Å². The van der Waals surface area contributed by atoms with Crippen molar-refractivity contribution in [3.05, 3.63) is 23.8 Å². The fourth-order valence-corrected chi connectivity index (χ4v) is 2.23. The minimum Gasteiger partial charge on any atom is -0.506 e. The second-order valence-corrected chi connectivity index (χ2v) is 4.34. The smallest absolute Gasteiger partial charge is 0.330 e. The lowest BCUT2D eigenvalue weighted by Gasteiger charge is -2.13. The average Bonchev–Trinajstić information content (AvgIpc) is 2.46. The molecule has 1 aromatic rings. The molecule has 0 aliphatic carbocycles. The number of amides is 2. The molecule has 0 saturated carbocycles. The summed E-state index contributed by atoms with van der Waals surface area (Å²) < 4.78 is 14.1. The number of hydrogen-bond acceptors (Lipinski definition) is 4. The first-order valence-corrected chi connectivity index (χ1v) is 5.48. The van der Waals surface area contributed by atoms with E-state index < -0.39 is 23.0 Å². The van der Waals surface area contributed by atoms with Gasteiger partial charge < -0.3 is 5.11 Å². The van der Waals surface area contributed by atoms with E-state index in [2.05, 4.69) is 0 Å². The Morgan fingerprint density at radius 3 is 2.62 bits per heavy atom. The molecule has 1 aliphatic heterocycles. The van der Waals surface area contributed by atoms with Gasteiger partial charge in [-0.3, -0.25) is 9.59 Å². The third kappa shape index (κ3) is 1.54. The number of aromatic hydroxyl groups is 1. The molecule has 0 spiro atoms. The van der Waals surface area contributed by atoms with Crippen molar-refractivity contribution in [2.75, 3.05) is 4.31 Å². The van der Waals surface area contributed by atoms with Crippen LogP contribution >= 0.6 is 0 Å². The van der Waals surface area contributed by atoms with Crippen molar-refractivity contribution in [2.24, 2.45) is 0 Å². The van der Waals surface area contributed by atoms with E-state index in [0.29, 0.717) is 0 Å². The van der Waals surface area contributed by atoms with Crippen molar-refractivity contribution in [3.63, 3.8) is 0 Å². The van der Waals surface area contributed by atoms with Crippen LogP contribution in [0.4, 0.5) is 5.69 Å². The van der Waals surface area contributed by atoms with Crippen LogP contribution in [0.25, 0.3) is 0 Å². The molecule has 0 bridgehead atoms. The summed E-state index contributed by atoms with van der Waals surface area (Å²) in [6.07, 6.45) is 0. The van der Waals surface area contributed by atoms with Gasteiger partial charge in [0.2, 0.25) is 11.2 Å². The third-order valence-electron chi connectivity index (χ3n) is 2.07. The molecule has 2 N–H and O–H groups in total. The highest BCUT2D eigenvalue weighted by Crippen LogP contribution is 2.30. The molecular weight excluding hydrogens is 232 g/mol. The van der Waals surface area contributed by atoms with Crippen LogP contribution in [0, 0.1) is 6.92 Å². The molecule has 1 heterocycles. The van der Waals surface area contributed by atoms with E-state index in [-0.39, 0.29) is 11.4 Å². The number of carbonyl (C=O) groups excluding carboxylic acids is 2. The first-order chi connectivity index (χ1) is 7.50. The van der Waals surface area contributed by atoms with E-state index >= 15 is 0 Å². The highest BCUT2D eigenvalue weighted by molar-refractivity contribution is 7.87. The van der Waals surface area contributed by atoms with Crippen molar-refractivity contribution in [2.45, 2.75) is 6.92 Å². The maximum Gasteiger partial charge on any atom is 0.330 e. The summed E-state index contributed by atoms with van der Waals surface area (Å²) in [6.45, 7) is 1.75. The Hall–Kier alpha value is -1.89. The van der Waals surface area contributed by atoms with Crippen molar-refractivity contribution >= 4 is 28.7 Å². The molecule has 6 nitrogen and oxygen atoms in total. The van der Waals surface area contributed by atoms with E-state index in [9.17, 15) is 18.9 Å². The molecule has 2 amide bonds. The van der Waals surface area contributed by atoms with Crippen molar-refractivity contribution in [1.82, 2.24) is 4.72 Å². The number of benzene rings is 1. The summed E-state index contributed by atoms with van der Waals surface area (Å²) in [5.41, 5.74) is 0.832. The molecule has 1 atom stereocenters. The minimum absolute atomic E-state index is 0.0571. The Balaban J connectivity index is 2.52. The number of aryl methyl sites for hydroxylation is 1. The van der Waals surface area contributed by atoms with Crippen LogP contribution < -0.4 is 9.03 Å². The van der Waals surface area contributed by atoms with Gasteiger partial charge in [0, 0.05) is 0 Å². The van der Waals surface area contributed by atoms with Gasteiger partial charge in [-0.15, -0.1) is 0 Å². The van der Waals surface area contributed by atoms with E-state index in [1.807, 2.05) is 4.72 Å². The second kappa shape index (κ2) is 3.60. The number of phenols is 1. The number of anilines is 1. The van der Waals surface area contributed by atoms with Gasteiger partial charge in [-0.25, -0.2) is 8.93 Å². The summed E-state index contributed by atoms with van der Waals surface area (Å²) in [7, 11) is 0. The zero-order chi connectivity index (χ0) is 11.9. The zero-order valence-electron chi connectivity index (χ0n) is 8.26. The maximum atomic E-state index is 11.4. The number of hydrogen-bond donors (Lipinski definition) is 2. The maximum absolute atomic E-state index is 11.4. The lowest BCUT2D eigenvalue weighted by molar-refractivity contribution is -0.134. The van der Waals surface area contributed by atoms with Crippen LogP contribution in [0.5, 0.6) is 5.75 Å². The van der Waals surface area contributed by atoms with Crippen LogP contribution in [-0.2, 0) is 20.8 Å².